The number of aromatic nitrogens is 2. The maximum absolute atomic E-state index is 6.05. The van der Waals surface area contributed by atoms with Crippen LogP contribution in [0.4, 0.5) is 0 Å². The van der Waals surface area contributed by atoms with E-state index in [9.17, 15) is 0 Å². The summed E-state index contributed by atoms with van der Waals surface area (Å²) >= 11 is 0. The average molecular weight is 197 g/mol. The predicted octanol–water partition coefficient (Wildman–Crippen LogP) is 1.19. The molecule has 0 aromatic carbocycles. The van der Waals surface area contributed by atoms with E-state index in [-0.39, 0.29) is 6.04 Å². The smallest absolute Gasteiger partial charge is 0.0949 e. The fourth-order valence-electron chi connectivity index (χ4n) is 1.33. The van der Waals surface area contributed by atoms with E-state index in [2.05, 4.69) is 18.8 Å². The van der Waals surface area contributed by atoms with Gasteiger partial charge < -0.3 is 15.0 Å². The van der Waals surface area contributed by atoms with Crippen LogP contribution in [0, 0.1) is 5.92 Å². The lowest BCUT2D eigenvalue weighted by Crippen LogP contribution is -2.21. The van der Waals surface area contributed by atoms with Gasteiger partial charge in [-0.15, -0.1) is 0 Å². The summed E-state index contributed by atoms with van der Waals surface area (Å²) in [4.78, 5) is 4.11. The number of hydrogen-bond acceptors (Lipinski definition) is 3. The Kier molecular flexibility index (Phi) is 4.10. The third-order valence-electron chi connectivity index (χ3n) is 2.34. The zero-order valence-corrected chi connectivity index (χ0v) is 9.10. The number of ether oxygens (including phenoxy) is 1. The van der Waals surface area contributed by atoms with Gasteiger partial charge >= 0.3 is 0 Å². The number of methoxy groups -OCH3 is 1. The van der Waals surface area contributed by atoms with Crippen LogP contribution in [-0.4, -0.2) is 23.3 Å². The molecule has 1 rings (SSSR count). The maximum atomic E-state index is 6.05. The van der Waals surface area contributed by atoms with E-state index < -0.39 is 0 Å². The lowest BCUT2D eigenvalue weighted by molar-refractivity contribution is 0.185. The first-order valence-electron chi connectivity index (χ1n) is 4.91. The van der Waals surface area contributed by atoms with Gasteiger partial charge in [-0.1, -0.05) is 13.8 Å². The fourth-order valence-corrected chi connectivity index (χ4v) is 1.33. The number of hydrogen-bond donors (Lipinski definition) is 1. The van der Waals surface area contributed by atoms with Crippen molar-refractivity contribution in [2.24, 2.45) is 11.7 Å². The van der Waals surface area contributed by atoms with E-state index in [4.69, 9.17) is 10.5 Å². The van der Waals surface area contributed by atoms with Crippen LogP contribution in [0.1, 0.15) is 25.6 Å². The number of nitrogens with two attached hydrogens (primary N) is 1. The minimum atomic E-state index is 0.0503. The molecule has 0 aliphatic carbocycles. The van der Waals surface area contributed by atoms with Crippen LogP contribution in [0.5, 0.6) is 0 Å². The van der Waals surface area contributed by atoms with E-state index in [0.717, 1.165) is 12.2 Å². The molecule has 0 amide bonds. The zero-order chi connectivity index (χ0) is 10.6. The third-order valence-corrected chi connectivity index (χ3v) is 2.34. The van der Waals surface area contributed by atoms with Gasteiger partial charge in [0.15, 0.2) is 0 Å². The topological polar surface area (TPSA) is 53.1 Å². The van der Waals surface area contributed by atoms with Crippen molar-refractivity contribution in [2.45, 2.75) is 26.4 Å². The molecule has 2 N–H and O–H groups in total. The van der Waals surface area contributed by atoms with Gasteiger partial charge in [0.1, 0.15) is 0 Å². The second-order valence-electron chi connectivity index (χ2n) is 3.77. The van der Waals surface area contributed by atoms with E-state index in [1.54, 1.807) is 13.4 Å². The monoisotopic (exact) mass is 197 g/mol. The summed E-state index contributed by atoms with van der Waals surface area (Å²) in [6.07, 6.45) is 3.64. The Bertz CT molecular complexity index is 270. The zero-order valence-electron chi connectivity index (χ0n) is 9.10. The Morgan fingerprint density at radius 1 is 1.57 bits per heavy atom. The molecule has 0 aliphatic rings. The molecule has 0 fully saturated rings. The summed E-state index contributed by atoms with van der Waals surface area (Å²) in [5.41, 5.74) is 7.13. The standard InChI is InChI=1S/C10H19N3O/c1-8(2)10(11)9-6-12-7-13(9)4-5-14-3/h6-8,10H,4-5,11H2,1-3H3. The van der Waals surface area contributed by atoms with Crippen molar-refractivity contribution in [3.63, 3.8) is 0 Å². The molecule has 80 valence electrons. The predicted molar refractivity (Wildman–Crippen MR) is 55.9 cm³/mol. The van der Waals surface area contributed by atoms with Crippen molar-refractivity contribution >= 4 is 0 Å². The van der Waals surface area contributed by atoms with Crippen molar-refractivity contribution < 1.29 is 4.74 Å². The summed E-state index contributed by atoms with van der Waals surface area (Å²) in [7, 11) is 1.69. The second-order valence-corrected chi connectivity index (χ2v) is 3.77. The van der Waals surface area contributed by atoms with Gasteiger partial charge in [0.05, 0.1) is 18.6 Å². The lowest BCUT2D eigenvalue weighted by Gasteiger charge is -2.17. The first-order valence-corrected chi connectivity index (χ1v) is 4.91. The summed E-state index contributed by atoms with van der Waals surface area (Å²) in [6, 6.07) is 0.0503. The van der Waals surface area contributed by atoms with Crippen molar-refractivity contribution in [1.82, 2.24) is 9.55 Å². The molecule has 1 aromatic rings. The van der Waals surface area contributed by atoms with Gasteiger partial charge in [0.25, 0.3) is 0 Å². The lowest BCUT2D eigenvalue weighted by atomic mass is 10.0. The van der Waals surface area contributed by atoms with Crippen molar-refractivity contribution in [1.29, 1.82) is 0 Å². The highest BCUT2D eigenvalue weighted by molar-refractivity contribution is 5.05. The normalized spacial score (nSPS) is 13.5. The first-order chi connectivity index (χ1) is 6.66. The van der Waals surface area contributed by atoms with Crippen molar-refractivity contribution in [3.05, 3.63) is 18.2 Å². The Morgan fingerprint density at radius 2 is 2.29 bits per heavy atom. The highest BCUT2D eigenvalue weighted by Gasteiger charge is 2.14. The molecular formula is C10H19N3O. The molecular weight excluding hydrogens is 178 g/mol. The minimum absolute atomic E-state index is 0.0503. The molecule has 0 saturated heterocycles. The van der Waals surface area contributed by atoms with Gasteiger partial charge in [0.2, 0.25) is 0 Å². The number of nitrogens with zero attached hydrogens (tertiary/aromatic N) is 2. The molecule has 0 saturated carbocycles. The van der Waals surface area contributed by atoms with E-state index in [0.29, 0.717) is 12.5 Å². The van der Waals surface area contributed by atoms with Crippen LogP contribution in [0.15, 0.2) is 12.5 Å². The van der Waals surface area contributed by atoms with E-state index in [1.807, 2.05) is 10.8 Å². The number of rotatable bonds is 5. The average Bonchev–Trinajstić information content (AvgIpc) is 2.61. The first kappa shape index (κ1) is 11.2. The van der Waals surface area contributed by atoms with Crippen LogP contribution in [-0.2, 0) is 11.3 Å². The molecule has 0 aliphatic heterocycles. The van der Waals surface area contributed by atoms with Gasteiger partial charge in [-0.25, -0.2) is 4.98 Å². The van der Waals surface area contributed by atoms with Crippen LogP contribution in [0.25, 0.3) is 0 Å². The molecule has 4 nitrogen and oxygen atoms in total. The largest absolute Gasteiger partial charge is 0.383 e. The molecule has 14 heavy (non-hydrogen) atoms. The molecule has 1 heterocycles. The van der Waals surface area contributed by atoms with Gasteiger partial charge in [-0.2, -0.15) is 0 Å². The van der Waals surface area contributed by atoms with Gasteiger partial charge in [-0.05, 0) is 5.92 Å². The Morgan fingerprint density at radius 3 is 2.86 bits per heavy atom. The summed E-state index contributed by atoms with van der Waals surface area (Å²) < 4.78 is 7.07. The molecule has 1 unspecified atom stereocenters. The van der Waals surface area contributed by atoms with Crippen molar-refractivity contribution in [3.8, 4) is 0 Å². The maximum Gasteiger partial charge on any atom is 0.0949 e. The van der Waals surface area contributed by atoms with Crippen LogP contribution < -0.4 is 5.73 Å². The Hall–Kier alpha value is -0.870. The molecule has 1 atom stereocenters. The summed E-state index contributed by atoms with van der Waals surface area (Å²) in [6.45, 7) is 5.72. The van der Waals surface area contributed by atoms with Gasteiger partial charge in [0, 0.05) is 25.9 Å². The molecule has 0 spiro atoms. The number of imidazole rings is 1. The summed E-state index contributed by atoms with van der Waals surface area (Å²) in [5.74, 6) is 0.424. The van der Waals surface area contributed by atoms with Crippen molar-refractivity contribution in [2.75, 3.05) is 13.7 Å². The second kappa shape index (κ2) is 5.12. The van der Waals surface area contributed by atoms with Crippen LogP contribution in [0.2, 0.25) is 0 Å². The van der Waals surface area contributed by atoms with Crippen LogP contribution in [0.3, 0.4) is 0 Å². The minimum Gasteiger partial charge on any atom is -0.383 e. The van der Waals surface area contributed by atoms with Gasteiger partial charge in [-0.3, -0.25) is 0 Å². The van der Waals surface area contributed by atoms with E-state index >= 15 is 0 Å². The Balaban J connectivity index is 2.71. The van der Waals surface area contributed by atoms with E-state index in [1.165, 1.54) is 0 Å². The SMILES string of the molecule is COCCn1cncc1C(N)C(C)C. The van der Waals surface area contributed by atoms with Crippen LogP contribution >= 0.6 is 0 Å². The highest BCUT2D eigenvalue weighted by Crippen LogP contribution is 2.17. The molecule has 4 heteroatoms. The molecule has 0 radical (unpaired) electrons. The fraction of sp³-hybridized carbons (Fsp3) is 0.700. The highest BCUT2D eigenvalue weighted by atomic mass is 16.5. The molecule has 1 aromatic heterocycles. The summed E-state index contributed by atoms with van der Waals surface area (Å²) in [5, 5.41) is 0. The quantitative estimate of drug-likeness (QED) is 0.771. The Labute approximate surface area is 85.1 Å². The molecule has 0 bridgehead atoms. The third kappa shape index (κ3) is 2.56.